The Bertz CT molecular complexity index is 538. The maximum absolute atomic E-state index is 9.64. The minimum absolute atomic E-state index is 0.0709. The Morgan fingerprint density at radius 3 is 2.89 bits per heavy atom. The lowest BCUT2D eigenvalue weighted by Crippen LogP contribution is -2.04. The lowest BCUT2D eigenvalue weighted by Gasteiger charge is -2.06. The summed E-state index contributed by atoms with van der Waals surface area (Å²) >= 11 is 1.54. The van der Waals surface area contributed by atoms with Crippen LogP contribution in [0.4, 0.5) is 0 Å². The van der Waals surface area contributed by atoms with Gasteiger partial charge in [0.15, 0.2) is 11.5 Å². The van der Waals surface area contributed by atoms with Crippen LogP contribution in [0.15, 0.2) is 23.6 Å². The van der Waals surface area contributed by atoms with Crippen molar-refractivity contribution in [1.82, 2.24) is 4.98 Å². The van der Waals surface area contributed by atoms with Crippen molar-refractivity contribution in [2.75, 3.05) is 6.61 Å². The molecule has 2 rings (SSSR count). The first-order valence-electron chi connectivity index (χ1n) is 5.79. The van der Waals surface area contributed by atoms with Crippen LogP contribution in [0.25, 0.3) is 10.6 Å². The molecule has 0 spiro atoms. The van der Waals surface area contributed by atoms with Crippen LogP contribution in [-0.2, 0) is 0 Å². The van der Waals surface area contributed by atoms with Crippen LogP contribution in [0.3, 0.4) is 0 Å². The van der Waals surface area contributed by atoms with Gasteiger partial charge < -0.3 is 15.6 Å². The van der Waals surface area contributed by atoms with E-state index in [1.807, 2.05) is 25.3 Å². The van der Waals surface area contributed by atoms with Gasteiger partial charge in [-0.2, -0.15) is 0 Å². The summed E-state index contributed by atoms with van der Waals surface area (Å²) in [5.74, 6) is 0.622. The number of phenolic OH excluding ortho intramolecular Hbond substituents is 1. The third-order valence-corrected chi connectivity index (χ3v) is 3.40. The zero-order valence-electron chi connectivity index (χ0n) is 10.4. The number of ether oxygens (including phenoxy) is 1. The van der Waals surface area contributed by atoms with E-state index < -0.39 is 0 Å². The van der Waals surface area contributed by atoms with Crippen molar-refractivity contribution in [2.45, 2.75) is 19.9 Å². The molecule has 1 unspecified atom stereocenters. The van der Waals surface area contributed by atoms with E-state index >= 15 is 0 Å². The lowest BCUT2D eigenvalue weighted by molar-refractivity contribution is 0.318. The molecule has 2 aromatic rings. The van der Waals surface area contributed by atoms with Gasteiger partial charge in [0.1, 0.15) is 5.01 Å². The number of hydrogen-bond donors (Lipinski definition) is 2. The average molecular weight is 264 g/mol. The standard InChI is InChI=1S/C13H16N2O2S/c1-3-17-12-6-9(4-5-11(12)16)13-15-10(7-18-13)8(2)14/h4-8,16H,3,14H2,1-2H3. The first-order valence-corrected chi connectivity index (χ1v) is 6.67. The number of aromatic nitrogens is 1. The molecule has 4 nitrogen and oxygen atoms in total. The lowest BCUT2D eigenvalue weighted by atomic mass is 10.2. The molecule has 0 saturated carbocycles. The Morgan fingerprint density at radius 1 is 1.50 bits per heavy atom. The number of benzene rings is 1. The van der Waals surface area contributed by atoms with E-state index in [0.29, 0.717) is 12.4 Å². The molecule has 1 heterocycles. The summed E-state index contributed by atoms with van der Waals surface area (Å²) in [4.78, 5) is 4.47. The SMILES string of the molecule is CCOc1cc(-c2nc(C(C)N)cs2)ccc1O. The third-order valence-electron chi connectivity index (χ3n) is 2.50. The molecule has 1 aromatic carbocycles. The molecule has 96 valence electrons. The van der Waals surface area contributed by atoms with Crippen LogP contribution < -0.4 is 10.5 Å². The number of aromatic hydroxyl groups is 1. The number of phenols is 1. The second kappa shape index (κ2) is 5.37. The molecule has 18 heavy (non-hydrogen) atoms. The van der Waals surface area contributed by atoms with Gasteiger partial charge in [0, 0.05) is 17.0 Å². The minimum Gasteiger partial charge on any atom is -0.504 e. The van der Waals surface area contributed by atoms with Gasteiger partial charge in [-0.15, -0.1) is 11.3 Å². The van der Waals surface area contributed by atoms with Crippen molar-refractivity contribution in [3.8, 4) is 22.1 Å². The molecule has 0 aliphatic heterocycles. The van der Waals surface area contributed by atoms with Crippen molar-refractivity contribution in [2.24, 2.45) is 5.73 Å². The number of thiazole rings is 1. The fraction of sp³-hybridized carbons (Fsp3) is 0.308. The summed E-state index contributed by atoms with van der Waals surface area (Å²) in [6.07, 6.45) is 0. The highest BCUT2D eigenvalue weighted by atomic mass is 32.1. The molecule has 0 aliphatic carbocycles. The molecule has 5 heteroatoms. The van der Waals surface area contributed by atoms with E-state index in [-0.39, 0.29) is 11.8 Å². The number of rotatable bonds is 4. The van der Waals surface area contributed by atoms with Gasteiger partial charge in [-0.3, -0.25) is 0 Å². The molecule has 1 aromatic heterocycles. The molecule has 1 atom stereocenters. The molecule has 0 aliphatic rings. The molecular weight excluding hydrogens is 248 g/mol. The smallest absolute Gasteiger partial charge is 0.161 e. The third kappa shape index (κ3) is 2.63. The highest BCUT2D eigenvalue weighted by Crippen LogP contribution is 2.33. The van der Waals surface area contributed by atoms with Crippen LogP contribution in [0.2, 0.25) is 0 Å². The van der Waals surface area contributed by atoms with Crippen molar-refractivity contribution >= 4 is 11.3 Å². The first-order chi connectivity index (χ1) is 8.61. The second-order valence-electron chi connectivity index (χ2n) is 3.98. The molecule has 3 N–H and O–H groups in total. The highest BCUT2D eigenvalue weighted by Gasteiger charge is 2.10. The zero-order chi connectivity index (χ0) is 13.1. The Labute approximate surface area is 110 Å². The van der Waals surface area contributed by atoms with E-state index in [2.05, 4.69) is 4.98 Å². The maximum atomic E-state index is 9.64. The Morgan fingerprint density at radius 2 is 2.28 bits per heavy atom. The topological polar surface area (TPSA) is 68.4 Å². The first kappa shape index (κ1) is 12.9. The van der Waals surface area contributed by atoms with Crippen LogP contribution in [0.1, 0.15) is 25.6 Å². The second-order valence-corrected chi connectivity index (χ2v) is 4.84. The number of hydrogen-bond acceptors (Lipinski definition) is 5. The van der Waals surface area contributed by atoms with Crippen molar-refractivity contribution < 1.29 is 9.84 Å². The van der Waals surface area contributed by atoms with Gasteiger partial charge in [0.05, 0.1) is 12.3 Å². The zero-order valence-corrected chi connectivity index (χ0v) is 11.2. The van der Waals surface area contributed by atoms with E-state index in [1.165, 1.54) is 11.3 Å². The minimum atomic E-state index is -0.0709. The molecule has 0 fully saturated rings. The van der Waals surface area contributed by atoms with Crippen LogP contribution >= 0.6 is 11.3 Å². The van der Waals surface area contributed by atoms with Gasteiger partial charge in [-0.05, 0) is 32.0 Å². The molecule has 0 radical (unpaired) electrons. The summed E-state index contributed by atoms with van der Waals surface area (Å²) in [6.45, 7) is 4.30. The van der Waals surface area contributed by atoms with E-state index in [4.69, 9.17) is 10.5 Å². The van der Waals surface area contributed by atoms with Gasteiger partial charge in [-0.1, -0.05) is 0 Å². The van der Waals surface area contributed by atoms with Gasteiger partial charge in [-0.25, -0.2) is 4.98 Å². The molecule has 0 bridgehead atoms. The van der Waals surface area contributed by atoms with Gasteiger partial charge in [0.2, 0.25) is 0 Å². The predicted octanol–water partition coefficient (Wildman–Crippen LogP) is 2.93. The maximum Gasteiger partial charge on any atom is 0.161 e. The van der Waals surface area contributed by atoms with Gasteiger partial charge >= 0.3 is 0 Å². The summed E-state index contributed by atoms with van der Waals surface area (Å²) in [7, 11) is 0. The summed E-state index contributed by atoms with van der Waals surface area (Å²) in [5.41, 5.74) is 7.59. The van der Waals surface area contributed by atoms with Crippen LogP contribution in [0, 0.1) is 0 Å². The van der Waals surface area contributed by atoms with E-state index in [0.717, 1.165) is 16.3 Å². The summed E-state index contributed by atoms with van der Waals surface area (Å²) < 4.78 is 5.36. The fourth-order valence-corrected chi connectivity index (χ4v) is 2.47. The molecular formula is C13H16N2O2S. The summed E-state index contributed by atoms with van der Waals surface area (Å²) in [6, 6.07) is 5.16. The number of nitrogens with zero attached hydrogens (tertiary/aromatic N) is 1. The Kier molecular flexibility index (Phi) is 3.84. The Hall–Kier alpha value is -1.59. The van der Waals surface area contributed by atoms with Crippen molar-refractivity contribution in [3.63, 3.8) is 0 Å². The quantitative estimate of drug-likeness (QED) is 0.891. The molecule has 0 saturated heterocycles. The normalized spacial score (nSPS) is 12.4. The Balaban J connectivity index is 2.34. The van der Waals surface area contributed by atoms with Crippen LogP contribution in [-0.4, -0.2) is 16.7 Å². The fourth-order valence-electron chi connectivity index (χ4n) is 1.55. The van der Waals surface area contributed by atoms with E-state index in [9.17, 15) is 5.11 Å². The monoisotopic (exact) mass is 264 g/mol. The van der Waals surface area contributed by atoms with Crippen molar-refractivity contribution in [3.05, 3.63) is 29.3 Å². The van der Waals surface area contributed by atoms with Crippen molar-refractivity contribution in [1.29, 1.82) is 0 Å². The van der Waals surface area contributed by atoms with Crippen LogP contribution in [0.5, 0.6) is 11.5 Å². The largest absolute Gasteiger partial charge is 0.504 e. The van der Waals surface area contributed by atoms with E-state index in [1.54, 1.807) is 12.1 Å². The highest BCUT2D eigenvalue weighted by molar-refractivity contribution is 7.13. The predicted molar refractivity (Wildman–Crippen MR) is 73.0 cm³/mol. The average Bonchev–Trinajstić information content (AvgIpc) is 2.82. The van der Waals surface area contributed by atoms with Gasteiger partial charge in [0.25, 0.3) is 0 Å². The summed E-state index contributed by atoms with van der Waals surface area (Å²) in [5, 5.41) is 12.5. The molecule has 0 amide bonds. The number of nitrogens with two attached hydrogens (primary N) is 1.